The first kappa shape index (κ1) is 8.96. The van der Waals surface area contributed by atoms with Crippen molar-refractivity contribution in [1.29, 1.82) is 5.26 Å². The van der Waals surface area contributed by atoms with Crippen molar-refractivity contribution >= 4 is 5.91 Å². The third-order valence-electron chi connectivity index (χ3n) is 1.02. The van der Waals surface area contributed by atoms with Crippen LogP contribution in [-0.4, -0.2) is 11.9 Å². The number of rotatable bonds is 2. The average Bonchev–Trinajstić information content (AvgIpc) is 1.85. The minimum Gasteiger partial charge on any atom is -0.353 e. The van der Waals surface area contributed by atoms with E-state index in [-0.39, 0.29) is 11.9 Å². The van der Waals surface area contributed by atoms with Crippen LogP contribution in [0.2, 0.25) is 0 Å². The Balaban J connectivity index is 3.76. The second-order valence-corrected chi connectivity index (χ2v) is 2.51. The number of carbonyl (C=O) groups is 1. The Labute approximate surface area is 61.0 Å². The van der Waals surface area contributed by atoms with E-state index in [0.717, 1.165) is 0 Å². The summed E-state index contributed by atoms with van der Waals surface area (Å²) >= 11 is 0. The number of nitrogens with one attached hydrogen (secondary N) is 1. The fourth-order valence-electron chi connectivity index (χ4n) is 0.468. The molecule has 10 heavy (non-hydrogen) atoms. The third-order valence-corrected chi connectivity index (χ3v) is 1.02. The van der Waals surface area contributed by atoms with Crippen molar-refractivity contribution in [3.05, 3.63) is 0 Å². The fraction of sp³-hybridized carbons (Fsp3) is 0.714. The second kappa shape index (κ2) is 3.89. The summed E-state index contributed by atoms with van der Waals surface area (Å²) in [5.41, 5.74) is 0. The molecule has 3 heteroatoms. The predicted octanol–water partition coefficient (Wildman–Crippen LogP) is 0.671. The van der Waals surface area contributed by atoms with Crippen LogP contribution in [0, 0.1) is 17.2 Å². The maximum absolute atomic E-state index is 10.9. The van der Waals surface area contributed by atoms with Crippen LogP contribution in [0.1, 0.15) is 20.8 Å². The molecule has 0 aliphatic heterocycles. The lowest BCUT2D eigenvalue weighted by Gasteiger charge is -2.08. The van der Waals surface area contributed by atoms with Gasteiger partial charge in [-0.2, -0.15) is 5.26 Å². The maximum Gasteiger partial charge on any atom is 0.237 e. The summed E-state index contributed by atoms with van der Waals surface area (Å²) < 4.78 is 0. The van der Waals surface area contributed by atoms with E-state index in [1.165, 1.54) is 0 Å². The van der Waals surface area contributed by atoms with Crippen molar-refractivity contribution in [1.82, 2.24) is 5.32 Å². The van der Waals surface area contributed by atoms with E-state index in [1.807, 2.05) is 19.9 Å². The Morgan fingerprint density at radius 2 is 2.00 bits per heavy atom. The third kappa shape index (κ3) is 3.08. The van der Waals surface area contributed by atoms with Gasteiger partial charge in [-0.05, 0) is 20.8 Å². The van der Waals surface area contributed by atoms with Crippen molar-refractivity contribution in [3.63, 3.8) is 0 Å². The molecule has 0 rings (SSSR count). The fourth-order valence-corrected chi connectivity index (χ4v) is 0.468. The van der Waals surface area contributed by atoms with Crippen molar-refractivity contribution in [3.8, 4) is 6.07 Å². The van der Waals surface area contributed by atoms with Crippen LogP contribution < -0.4 is 5.32 Å². The summed E-state index contributed by atoms with van der Waals surface area (Å²) in [5, 5.41) is 10.9. The summed E-state index contributed by atoms with van der Waals surface area (Å²) in [4.78, 5) is 10.9. The van der Waals surface area contributed by atoms with Gasteiger partial charge in [0.15, 0.2) is 0 Å². The summed E-state index contributed by atoms with van der Waals surface area (Å²) in [6, 6.07) is 1.97. The molecule has 0 aromatic carbocycles. The molecule has 0 bridgehead atoms. The Morgan fingerprint density at radius 3 is 2.30 bits per heavy atom. The first-order chi connectivity index (χ1) is 4.57. The Morgan fingerprint density at radius 1 is 1.50 bits per heavy atom. The molecular formula is C7H12N2O. The summed E-state index contributed by atoms with van der Waals surface area (Å²) in [7, 11) is 0. The van der Waals surface area contributed by atoms with Crippen LogP contribution in [-0.2, 0) is 4.79 Å². The van der Waals surface area contributed by atoms with Gasteiger partial charge in [0.25, 0.3) is 0 Å². The first-order valence-electron chi connectivity index (χ1n) is 3.28. The molecule has 1 unspecified atom stereocenters. The minimum atomic E-state index is -0.539. The summed E-state index contributed by atoms with van der Waals surface area (Å²) in [6.07, 6.45) is 0. The van der Waals surface area contributed by atoms with Gasteiger partial charge in [-0.25, -0.2) is 0 Å². The first-order valence-corrected chi connectivity index (χ1v) is 3.28. The second-order valence-electron chi connectivity index (χ2n) is 2.51. The van der Waals surface area contributed by atoms with E-state index in [2.05, 4.69) is 5.32 Å². The number of carbonyl (C=O) groups excluding carboxylic acids is 1. The van der Waals surface area contributed by atoms with Crippen LogP contribution in [0.5, 0.6) is 0 Å². The molecule has 1 amide bonds. The smallest absolute Gasteiger partial charge is 0.237 e. The van der Waals surface area contributed by atoms with Gasteiger partial charge in [0.2, 0.25) is 5.91 Å². The van der Waals surface area contributed by atoms with Gasteiger partial charge in [-0.15, -0.1) is 0 Å². The number of nitriles is 1. The van der Waals surface area contributed by atoms with Crippen LogP contribution in [0.3, 0.4) is 0 Å². The van der Waals surface area contributed by atoms with Crippen LogP contribution in [0.15, 0.2) is 0 Å². The molecule has 0 heterocycles. The molecule has 0 saturated heterocycles. The van der Waals surface area contributed by atoms with Crippen LogP contribution in [0.4, 0.5) is 0 Å². The van der Waals surface area contributed by atoms with Gasteiger partial charge in [-0.1, -0.05) is 0 Å². The summed E-state index contributed by atoms with van der Waals surface area (Å²) in [6.45, 7) is 5.31. The molecular weight excluding hydrogens is 128 g/mol. The number of nitrogens with zero attached hydrogens (tertiary/aromatic N) is 1. The zero-order chi connectivity index (χ0) is 8.15. The molecule has 0 radical (unpaired) electrons. The lowest BCUT2D eigenvalue weighted by Crippen LogP contribution is -2.33. The van der Waals surface area contributed by atoms with Gasteiger partial charge in [0.1, 0.15) is 5.92 Å². The minimum absolute atomic E-state index is 0.114. The van der Waals surface area contributed by atoms with Crippen LogP contribution in [0.25, 0.3) is 0 Å². The lowest BCUT2D eigenvalue weighted by atomic mass is 10.2. The van der Waals surface area contributed by atoms with E-state index < -0.39 is 5.92 Å². The van der Waals surface area contributed by atoms with E-state index in [9.17, 15) is 4.79 Å². The van der Waals surface area contributed by atoms with Crippen molar-refractivity contribution in [2.75, 3.05) is 0 Å². The molecule has 0 spiro atoms. The number of hydrogen-bond acceptors (Lipinski definition) is 2. The van der Waals surface area contributed by atoms with Crippen LogP contribution >= 0.6 is 0 Å². The Kier molecular flexibility index (Phi) is 3.48. The van der Waals surface area contributed by atoms with Crippen molar-refractivity contribution in [2.24, 2.45) is 5.92 Å². The molecule has 56 valence electrons. The monoisotopic (exact) mass is 140 g/mol. The van der Waals surface area contributed by atoms with Gasteiger partial charge < -0.3 is 5.32 Å². The van der Waals surface area contributed by atoms with Gasteiger partial charge >= 0.3 is 0 Å². The molecule has 1 N–H and O–H groups in total. The molecule has 0 aliphatic carbocycles. The van der Waals surface area contributed by atoms with Crippen molar-refractivity contribution < 1.29 is 4.79 Å². The Hall–Kier alpha value is -1.04. The van der Waals surface area contributed by atoms with E-state index in [0.29, 0.717) is 0 Å². The largest absolute Gasteiger partial charge is 0.353 e. The van der Waals surface area contributed by atoms with Gasteiger partial charge in [0.05, 0.1) is 6.07 Å². The zero-order valence-electron chi connectivity index (χ0n) is 6.51. The Bertz CT molecular complexity index is 157. The molecule has 0 saturated carbocycles. The predicted molar refractivity (Wildman–Crippen MR) is 38.1 cm³/mol. The normalized spacial score (nSPS) is 12.3. The highest BCUT2D eigenvalue weighted by Crippen LogP contribution is 1.91. The highest BCUT2D eigenvalue weighted by molar-refractivity contribution is 5.80. The maximum atomic E-state index is 10.9. The molecule has 1 atom stereocenters. The zero-order valence-corrected chi connectivity index (χ0v) is 6.51. The van der Waals surface area contributed by atoms with Crippen molar-refractivity contribution in [2.45, 2.75) is 26.8 Å². The lowest BCUT2D eigenvalue weighted by molar-refractivity contribution is -0.123. The number of amides is 1. The van der Waals surface area contributed by atoms with E-state index in [4.69, 9.17) is 5.26 Å². The topological polar surface area (TPSA) is 52.9 Å². The standard InChI is InChI=1S/C7H12N2O/c1-5(2)9-7(10)6(3)4-8/h5-6H,1-3H3,(H,9,10). The molecule has 0 aliphatic rings. The summed E-state index contributed by atoms with van der Waals surface area (Å²) in [5.74, 6) is -0.736. The van der Waals surface area contributed by atoms with E-state index in [1.54, 1.807) is 6.92 Å². The molecule has 3 nitrogen and oxygen atoms in total. The molecule has 0 fully saturated rings. The van der Waals surface area contributed by atoms with Gasteiger partial charge in [-0.3, -0.25) is 4.79 Å². The van der Waals surface area contributed by atoms with Gasteiger partial charge in [0, 0.05) is 6.04 Å². The molecule has 0 aromatic heterocycles. The quantitative estimate of drug-likeness (QED) is 0.613. The highest BCUT2D eigenvalue weighted by Gasteiger charge is 2.11. The SMILES string of the molecule is CC(C)NC(=O)C(C)C#N. The van der Waals surface area contributed by atoms with E-state index >= 15 is 0 Å². The molecule has 0 aromatic rings. The highest BCUT2D eigenvalue weighted by atomic mass is 16.1. The average molecular weight is 140 g/mol. The number of hydrogen-bond donors (Lipinski definition) is 1.